The largest absolute Gasteiger partial charge is 0.496 e. The predicted octanol–water partition coefficient (Wildman–Crippen LogP) is 2.43. The van der Waals surface area contributed by atoms with Gasteiger partial charge in [0.05, 0.1) is 7.11 Å². The Labute approximate surface area is 94.6 Å². The summed E-state index contributed by atoms with van der Waals surface area (Å²) in [7, 11) is 1.72. The lowest BCUT2D eigenvalue weighted by Gasteiger charge is -2.06. The molecular weight excluding hydrogens is 200 g/mol. The molecule has 1 aromatic carbocycles. The number of fused-ring (bicyclic) bond motifs is 3. The molecule has 1 aliphatic rings. The van der Waals surface area contributed by atoms with Crippen molar-refractivity contribution in [3.05, 3.63) is 29.0 Å². The molecule has 0 fully saturated rings. The van der Waals surface area contributed by atoms with Gasteiger partial charge in [-0.25, -0.2) is 0 Å². The summed E-state index contributed by atoms with van der Waals surface area (Å²) in [4.78, 5) is 3.44. The molecule has 1 heterocycles. The predicted molar refractivity (Wildman–Crippen MR) is 64.8 cm³/mol. The Morgan fingerprint density at radius 3 is 3.00 bits per heavy atom. The van der Waals surface area contributed by atoms with Crippen LogP contribution in [0.3, 0.4) is 0 Å². The first-order valence-corrected chi connectivity index (χ1v) is 5.66. The summed E-state index contributed by atoms with van der Waals surface area (Å²) in [6.07, 6.45) is 2.12. The minimum atomic E-state index is 0.174. The lowest BCUT2D eigenvalue weighted by Crippen LogP contribution is -2.05. The Bertz CT molecular complexity index is 557. The van der Waals surface area contributed by atoms with Crippen LogP contribution < -0.4 is 10.5 Å². The molecular formula is C13H16N2O. The van der Waals surface area contributed by atoms with E-state index in [9.17, 15) is 0 Å². The summed E-state index contributed by atoms with van der Waals surface area (Å²) >= 11 is 0. The van der Waals surface area contributed by atoms with Gasteiger partial charge in [0.1, 0.15) is 5.75 Å². The van der Waals surface area contributed by atoms with Gasteiger partial charge >= 0.3 is 0 Å². The minimum absolute atomic E-state index is 0.174. The quantitative estimate of drug-likeness (QED) is 0.769. The molecule has 3 nitrogen and oxygen atoms in total. The molecule has 3 rings (SSSR count). The van der Waals surface area contributed by atoms with E-state index in [0.717, 1.165) is 18.6 Å². The van der Waals surface area contributed by atoms with Gasteiger partial charge in [0.2, 0.25) is 0 Å². The molecule has 16 heavy (non-hydrogen) atoms. The maximum Gasteiger partial charge on any atom is 0.122 e. The third-order valence-electron chi connectivity index (χ3n) is 3.61. The van der Waals surface area contributed by atoms with Crippen molar-refractivity contribution in [3.63, 3.8) is 0 Å². The van der Waals surface area contributed by atoms with Crippen LogP contribution >= 0.6 is 0 Å². The van der Waals surface area contributed by atoms with Gasteiger partial charge in [-0.3, -0.25) is 0 Å². The summed E-state index contributed by atoms with van der Waals surface area (Å²) in [5.41, 5.74) is 11.1. The molecule has 0 bridgehead atoms. The van der Waals surface area contributed by atoms with Crippen LogP contribution in [0.4, 0.5) is 0 Å². The van der Waals surface area contributed by atoms with Crippen molar-refractivity contribution in [3.8, 4) is 5.75 Å². The first-order valence-electron chi connectivity index (χ1n) is 5.66. The van der Waals surface area contributed by atoms with E-state index in [0.29, 0.717) is 0 Å². The molecule has 0 radical (unpaired) electrons. The van der Waals surface area contributed by atoms with E-state index in [1.807, 2.05) is 6.07 Å². The number of aromatic amines is 1. The lowest BCUT2D eigenvalue weighted by atomic mass is 10.1. The monoisotopic (exact) mass is 216 g/mol. The second-order valence-electron chi connectivity index (χ2n) is 4.48. The first-order chi connectivity index (χ1) is 7.72. The number of nitrogens with one attached hydrogen (secondary N) is 1. The fourth-order valence-corrected chi connectivity index (χ4v) is 2.78. The van der Waals surface area contributed by atoms with Crippen LogP contribution in [-0.4, -0.2) is 12.1 Å². The van der Waals surface area contributed by atoms with Gasteiger partial charge < -0.3 is 15.5 Å². The Morgan fingerprint density at radius 2 is 2.25 bits per heavy atom. The van der Waals surface area contributed by atoms with Gasteiger partial charge in [0, 0.05) is 28.2 Å². The highest BCUT2D eigenvalue weighted by molar-refractivity contribution is 5.90. The van der Waals surface area contributed by atoms with Crippen molar-refractivity contribution in [1.29, 1.82) is 0 Å². The zero-order valence-electron chi connectivity index (χ0n) is 9.63. The highest BCUT2D eigenvalue weighted by Crippen LogP contribution is 2.38. The van der Waals surface area contributed by atoms with Gasteiger partial charge in [0.25, 0.3) is 0 Å². The Kier molecular flexibility index (Phi) is 1.98. The number of aryl methyl sites for hydroxylation is 2. The average Bonchev–Trinajstić information content (AvgIpc) is 2.80. The van der Waals surface area contributed by atoms with Crippen molar-refractivity contribution in [2.45, 2.75) is 25.8 Å². The summed E-state index contributed by atoms with van der Waals surface area (Å²) in [5.74, 6) is 0.953. The van der Waals surface area contributed by atoms with Gasteiger partial charge in [-0.2, -0.15) is 0 Å². The number of ether oxygens (including phenoxy) is 1. The molecule has 84 valence electrons. The van der Waals surface area contributed by atoms with Crippen LogP contribution in [0.25, 0.3) is 10.9 Å². The van der Waals surface area contributed by atoms with E-state index in [2.05, 4.69) is 18.0 Å². The SMILES string of the molecule is COc1ccc2[nH]c3c(c2c1C)CCC3N. The smallest absolute Gasteiger partial charge is 0.122 e. The molecule has 1 unspecified atom stereocenters. The first kappa shape index (κ1) is 9.73. The maximum absolute atomic E-state index is 6.07. The topological polar surface area (TPSA) is 51.0 Å². The zero-order valence-corrected chi connectivity index (χ0v) is 9.63. The van der Waals surface area contributed by atoms with Gasteiger partial charge in [0.15, 0.2) is 0 Å². The van der Waals surface area contributed by atoms with Crippen LogP contribution in [-0.2, 0) is 6.42 Å². The van der Waals surface area contributed by atoms with Crippen LogP contribution in [0.1, 0.15) is 29.3 Å². The lowest BCUT2D eigenvalue weighted by molar-refractivity contribution is 0.412. The molecule has 2 aromatic rings. The normalized spacial score (nSPS) is 19.1. The van der Waals surface area contributed by atoms with Crippen molar-refractivity contribution in [1.82, 2.24) is 4.98 Å². The molecule has 1 atom stereocenters. The van der Waals surface area contributed by atoms with Crippen molar-refractivity contribution >= 4 is 10.9 Å². The van der Waals surface area contributed by atoms with E-state index in [4.69, 9.17) is 10.5 Å². The second kappa shape index (κ2) is 3.25. The molecule has 3 heteroatoms. The van der Waals surface area contributed by atoms with Crippen LogP contribution in [0.2, 0.25) is 0 Å². The van der Waals surface area contributed by atoms with E-state index < -0.39 is 0 Å². The second-order valence-corrected chi connectivity index (χ2v) is 4.48. The maximum atomic E-state index is 6.07. The molecule has 3 N–H and O–H groups in total. The number of hydrogen-bond acceptors (Lipinski definition) is 2. The van der Waals surface area contributed by atoms with Gasteiger partial charge in [-0.15, -0.1) is 0 Å². The number of benzene rings is 1. The summed E-state index contributed by atoms with van der Waals surface area (Å²) < 4.78 is 5.36. The van der Waals surface area contributed by atoms with E-state index in [-0.39, 0.29) is 6.04 Å². The summed E-state index contributed by atoms with van der Waals surface area (Å²) in [6.45, 7) is 2.11. The molecule has 0 amide bonds. The zero-order chi connectivity index (χ0) is 11.3. The van der Waals surface area contributed by atoms with Crippen molar-refractivity contribution in [2.24, 2.45) is 5.73 Å². The fourth-order valence-electron chi connectivity index (χ4n) is 2.78. The van der Waals surface area contributed by atoms with E-state index >= 15 is 0 Å². The number of aromatic nitrogens is 1. The Hall–Kier alpha value is -1.48. The van der Waals surface area contributed by atoms with Crippen molar-refractivity contribution in [2.75, 3.05) is 7.11 Å². The minimum Gasteiger partial charge on any atom is -0.496 e. The number of methoxy groups -OCH3 is 1. The van der Waals surface area contributed by atoms with Crippen LogP contribution in [0, 0.1) is 6.92 Å². The van der Waals surface area contributed by atoms with Crippen LogP contribution in [0.5, 0.6) is 5.75 Å². The Morgan fingerprint density at radius 1 is 1.44 bits per heavy atom. The molecule has 1 aliphatic carbocycles. The number of nitrogens with two attached hydrogens (primary N) is 1. The number of hydrogen-bond donors (Lipinski definition) is 2. The average molecular weight is 216 g/mol. The number of H-pyrrole nitrogens is 1. The third-order valence-corrected chi connectivity index (χ3v) is 3.61. The molecule has 0 saturated heterocycles. The standard InChI is InChI=1S/C13H16N2O/c1-7-11(16-2)6-5-10-12(7)8-3-4-9(14)13(8)15-10/h5-6,9,15H,3-4,14H2,1-2H3. The fraction of sp³-hybridized carbons (Fsp3) is 0.385. The highest BCUT2D eigenvalue weighted by Gasteiger charge is 2.25. The molecule has 0 aliphatic heterocycles. The molecule has 0 saturated carbocycles. The molecule has 1 aromatic heterocycles. The number of rotatable bonds is 1. The summed E-state index contributed by atoms with van der Waals surface area (Å²) in [5, 5.41) is 1.31. The van der Waals surface area contributed by atoms with Gasteiger partial charge in [-0.05, 0) is 37.5 Å². The summed E-state index contributed by atoms with van der Waals surface area (Å²) in [6, 6.07) is 4.26. The Balaban J connectivity index is 2.35. The van der Waals surface area contributed by atoms with E-state index in [1.165, 1.54) is 27.7 Å². The van der Waals surface area contributed by atoms with Crippen LogP contribution in [0.15, 0.2) is 12.1 Å². The van der Waals surface area contributed by atoms with E-state index in [1.54, 1.807) is 7.11 Å². The van der Waals surface area contributed by atoms with Gasteiger partial charge in [-0.1, -0.05) is 0 Å². The van der Waals surface area contributed by atoms with Crippen molar-refractivity contribution < 1.29 is 4.74 Å². The molecule has 0 spiro atoms. The highest BCUT2D eigenvalue weighted by atomic mass is 16.5. The third kappa shape index (κ3) is 1.12.